The van der Waals surface area contributed by atoms with Crippen LogP contribution < -0.4 is 0 Å². The molecule has 0 aliphatic rings. The van der Waals surface area contributed by atoms with Crippen molar-refractivity contribution in [1.29, 1.82) is 0 Å². The molecule has 1 heterocycles. The van der Waals surface area contributed by atoms with Crippen LogP contribution in [-0.4, -0.2) is 26.7 Å². The smallest absolute Gasteiger partial charge is 0.417 e. The highest BCUT2D eigenvalue weighted by molar-refractivity contribution is 8.00. The molecule has 1 aromatic carbocycles. The van der Waals surface area contributed by atoms with E-state index in [4.69, 9.17) is 16.7 Å². The van der Waals surface area contributed by atoms with Gasteiger partial charge >= 0.3 is 6.18 Å². The van der Waals surface area contributed by atoms with Gasteiger partial charge in [0, 0.05) is 12.3 Å². The van der Waals surface area contributed by atoms with Gasteiger partial charge in [0.1, 0.15) is 16.5 Å². The van der Waals surface area contributed by atoms with E-state index in [-0.39, 0.29) is 32.9 Å². The fraction of sp³-hybridized carbons (Fsp3) is 0.143. The molecule has 0 saturated heterocycles. The molecule has 2 aromatic rings. The second-order valence-corrected chi connectivity index (χ2v) is 5.79. The number of hydrogen-bond donors (Lipinski definition) is 2. The molecule has 0 atom stereocenters. The highest BCUT2D eigenvalue weighted by Crippen LogP contribution is 2.34. The van der Waals surface area contributed by atoms with Gasteiger partial charge in [0.15, 0.2) is 5.78 Å². The zero-order valence-corrected chi connectivity index (χ0v) is 12.8. The van der Waals surface area contributed by atoms with Crippen LogP contribution in [0.5, 0.6) is 11.5 Å². The van der Waals surface area contributed by atoms with Crippen molar-refractivity contribution >= 4 is 29.1 Å². The molecule has 0 aliphatic heterocycles. The molecule has 2 N–H and O–H groups in total. The monoisotopic (exact) mass is 363 g/mol. The first-order chi connectivity index (χ1) is 10.7. The zero-order valence-electron chi connectivity index (χ0n) is 11.3. The van der Waals surface area contributed by atoms with Crippen LogP contribution in [0, 0.1) is 0 Å². The summed E-state index contributed by atoms with van der Waals surface area (Å²) in [6.07, 6.45) is -3.91. The summed E-state index contributed by atoms with van der Waals surface area (Å²) in [7, 11) is 0. The quantitative estimate of drug-likeness (QED) is 0.631. The van der Waals surface area contributed by atoms with Crippen molar-refractivity contribution in [3.63, 3.8) is 0 Å². The minimum atomic E-state index is -4.55. The average molecular weight is 364 g/mol. The van der Waals surface area contributed by atoms with Crippen molar-refractivity contribution in [3.8, 4) is 11.5 Å². The number of ketones is 1. The largest absolute Gasteiger partial charge is 0.508 e. The summed E-state index contributed by atoms with van der Waals surface area (Å²) in [6.45, 7) is 0. The zero-order chi connectivity index (χ0) is 17.2. The number of alkyl halides is 3. The van der Waals surface area contributed by atoms with Crippen LogP contribution in [0.3, 0.4) is 0 Å². The lowest BCUT2D eigenvalue weighted by atomic mass is 10.1. The van der Waals surface area contributed by atoms with Crippen molar-refractivity contribution < 1.29 is 28.2 Å². The lowest BCUT2D eigenvalue weighted by Gasteiger charge is -2.09. The standard InChI is InChI=1S/C14H9ClF3NO3S/c15-10-3-7(14(16,17)18)5-19-13(10)23-6-12(22)9-2-1-8(20)4-11(9)21/h1-5,20-21H,6H2. The minimum Gasteiger partial charge on any atom is -0.508 e. The van der Waals surface area contributed by atoms with Gasteiger partial charge in [-0.25, -0.2) is 4.98 Å². The number of phenolic OH excluding ortho intramolecular Hbond substituents is 2. The van der Waals surface area contributed by atoms with E-state index >= 15 is 0 Å². The van der Waals surface area contributed by atoms with Gasteiger partial charge in [0.25, 0.3) is 0 Å². The van der Waals surface area contributed by atoms with Gasteiger partial charge in [-0.3, -0.25) is 4.79 Å². The number of halogens is 4. The molecule has 0 radical (unpaired) electrons. The first kappa shape index (κ1) is 17.4. The van der Waals surface area contributed by atoms with Gasteiger partial charge in [-0.1, -0.05) is 23.4 Å². The number of benzene rings is 1. The summed E-state index contributed by atoms with van der Waals surface area (Å²) in [4.78, 5) is 15.6. The van der Waals surface area contributed by atoms with Gasteiger partial charge in [-0.2, -0.15) is 13.2 Å². The summed E-state index contributed by atoms with van der Waals surface area (Å²) >= 11 is 6.59. The maximum atomic E-state index is 12.5. The Morgan fingerprint density at radius 1 is 1.26 bits per heavy atom. The van der Waals surface area contributed by atoms with Crippen molar-refractivity contribution in [2.45, 2.75) is 11.2 Å². The number of phenols is 2. The molecule has 0 saturated carbocycles. The number of Topliss-reactive ketones (excluding diaryl/α,β-unsaturated/α-hetero) is 1. The molecule has 0 unspecified atom stereocenters. The lowest BCUT2D eigenvalue weighted by molar-refractivity contribution is -0.137. The molecule has 0 fully saturated rings. The fourth-order valence-electron chi connectivity index (χ4n) is 1.65. The molecular weight excluding hydrogens is 355 g/mol. The van der Waals surface area contributed by atoms with Gasteiger partial charge in [0.05, 0.1) is 21.9 Å². The molecule has 9 heteroatoms. The summed E-state index contributed by atoms with van der Waals surface area (Å²) in [5.74, 6) is -1.25. The molecule has 4 nitrogen and oxygen atoms in total. The van der Waals surface area contributed by atoms with Crippen LogP contribution in [0.15, 0.2) is 35.5 Å². The molecule has 0 amide bonds. The van der Waals surface area contributed by atoms with Gasteiger partial charge in [0.2, 0.25) is 0 Å². The molecule has 23 heavy (non-hydrogen) atoms. The first-order valence-electron chi connectivity index (χ1n) is 6.09. The molecular formula is C14H9ClF3NO3S. The van der Waals surface area contributed by atoms with E-state index in [2.05, 4.69) is 4.98 Å². The molecule has 122 valence electrons. The summed E-state index contributed by atoms with van der Waals surface area (Å²) < 4.78 is 37.5. The van der Waals surface area contributed by atoms with Crippen LogP contribution in [0.25, 0.3) is 0 Å². The number of aromatic nitrogens is 1. The van der Waals surface area contributed by atoms with Crippen LogP contribution in [0.2, 0.25) is 5.02 Å². The van der Waals surface area contributed by atoms with Gasteiger partial charge in [-0.15, -0.1) is 0 Å². The van der Waals surface area contributed by atoms with Crippen molar-refractivity contribution in [2.24, 2.45) is 0 Å². The normalized spacial score (nSPS) is 11.5. The molecule has 1 aromatic heterocycles. The van der Waals surface area contributed by atoms with E-state index in [1.54, 1.807) is 0 Å². The summed E-state index contributed by atoms with van der Waals surface area (Å²) in [5, 5.41) is 18.6. The Kier molecular flexibility index (Phi) is 5.06. The van der Waals surface area contributed by atoms with Crippen LogP contribution >= 0.6 is 23.4 Å². The minimum absolute atomic E-state index is 0.0154. The molecule has 0 spiro atoms. The average Bonchev–Trinajstić information content (AvgIpc) is 2.44. The molecule has 0 aliphatic carbocycles. The second kappa shape index (κ2) is 6.67. The predicted molar refractivity (Wildman–Crippen MR) is 79.1 cm³/mol. The van der Waals surface area contributed by atoms with E-state index in [1.165, 1.54) is 12.1 Å². The maximum Gasteiger partial charge on any atom is 0.417 e. The van der Waals surface area contributed by atoms with E-state index in [0.29, 0.717) is 6.20 Å². The lowest BCUT2D eigenvalue weighted by Crippen LogP contribution is -2.06. The number of rotatable bonds is 4. The number of nitrogens with zero attached hydrogens (tertiary/aromatic N) is 1. The van der Waals surface area contributed by atoms with Crippen molar-refractivity contribution in [3.05, 3.63) is 46.6 Å². The maximum absolute atomic E-state index is 12.5. The fourth-order valence-corrected chi connectivity index (χ4v) is 2.73. The highest BCUT2D eigenvalue weighted by atomic mass is 35.5. The Labute approximate surface area is 137 Å². The Balaban J connectivity index is 2.10. The SMILES string of the molecule is O=C(CSc1ncc(C(F)(F)F)cc1Cl)c1ccc(O)cc1O. The van der Waals surface area contributed by atoms with E-state index in [0.717, 1.165) is 23.9 Å². The van der Waals surface area contributed by atoms with E-state index in [9.17, 15) is 23.1 Å². The third kappa shape index (κ3) is 4.29. The molecule has 2 rings (SSSR count). The number of hydrogen-bond acceptors (Lipinski definition) is 5. The van der Waals surface area contributed by atoms with Crippen LogP contribution in [0.4, 0.5) is 13.2 Å². The third-order valence-electron chi connectivity index (χ3n) is 2.76. The van der Waals surface area contributed by atoms with Crippen molar-refractivity contribution in [2.75, 3.05) is 5.75 Å². The Bertz CT molecular complexity index is 753. The first-order valence-corrected chi connectivity index (χ1v) is 7.45. The third-order valence-corrected chi connectivity index (χ3v) is 4.16. The number of thioether (sulfide) groups is 1. The second-order valence-electron chi connectivity index (χ2n) is 4.42. The van der Waals surface area contributed by atoms with Gasteiger partial charge in [-0.05, 0) is 18.2 Å². The summed E-state index contributed by atoms with van der Waals surface area (Å²) in [5.41, 5.74) is -0.993. The summed E-state index contributed by atoms with van der Waals surface area (Å²) in [6, 6.07) is 4.23. The number of carbonyl (C=O) groups excluding carboxylic acids is 1. The molecule has 0 bridgehead atoms. The van der Waals surface area contributed by atoms with E-state index in [1.807, 2.05) is 0 Å². The van der Waals surface area contributed by atoms with Crippen molar-refractivity contribution in [1.82, 2.24) is 4.98 Å². The van der Waals surface area contributed by atoms with E-state index < -0.39 is 17.5 Å². The van der Waals surface area contributed by atoms with Gasteiger partial charge < -0.3 is 10.2 Å². The Hall–Kier alpha value is -1.93. The number of carbonyl (C=O) groups is 1. The predicted octanol–water partition coefficient (Wildman–Crippen LogP) is 4.14. The van der Waals surface area contributed by atoms with Crippen LogP contribution in [0.1, 0.15) is 15.9 Å². The Morgan fingerprint density at radius 3 is 2.52 bits per heavy atom. The topological polar surface area (TPSA) is 70.4 Å². The Morgan fingerprint density at radius 2 is 1.96 bits per heavy atom. The van der Waals surface area contributed by atoms with Crippen LogP contribution in [-0.2, 0) is 6.18 Å². The number of pyridine rings is 1. The number of aromatic hydroxyl groups is 2. The highest BCUT2D eigenvalue weighted by Gasteiger charge is 2.31.